The topological polar surface area (TPSA) is 49.4 Å². The monoisotopic (exact) mass is 314 g/mol. The molecule has 0 saturated carbocycles. The molecule has 1 N–H and O–H groups in total. The second-order valence-electron chi connectivity index (χ2n) is 4.68. The molecular weight excluding hydrogens is 291 g/mol. The molecule has 0 aliphatic rings. The lowest BCUT2D eigenvalue weighted by Gasteiger charge is -2.22. The quantitative estimate of drug-likeness (QED) is 0.713. The van der Waals surface area contributed by atoms with E-state index in [1.54, 1.807) is 0 Å². The van der Waals surface area contributed by atoms with Crippen molar-refractivity contribution in [1.82, 2.24) is 9.62 Å². The number of hydrogen-bond donors (Lipinski definition) is 1. The third-order valence-electron chi connectivity index (χ3n) is 3.02. The van der Waals surface area contributed by atoms with Gasteiger partial charge in [0.1, 0.15) is 5.82 Å². The Labute approximate surface area is 126 Å². The van der Waals surface area contributed by atoms with Crippen molar-refractivity contribution in [2.24, 2.45) is 0 Å². The molecule has 0 amide bonds. The zero-order valence-corrected chi connectivity index (χ0v) is 13.4. The van der Waals surface area contributed by atoms with Crippen molar-refractivity contribution in [1.29, 1.82) is 0 Å². The molecule has 6 heteroatoms. The average Bonchev–Trinajstić information content (AvgIpc) is 2.45. The van der Waals surface area contributed by atoms with Crippen molar-refractivity contribution in [2.75, 3.05) is 19.6 Å². The van der Waals surface area contributed by atoms with Crippen LogP contribution in [0.5, 0.6) is 0 Å². The lowest BCUT2D eigenvalue weighted by molar-refractivity contribution is 0.440. The van der Waals surface area contributed by atoms with Gasteiger partial charge in [0.05, 0.1) is 4.90 Å². The van der Waals surface area contributed by atoms with Gasteiger partial charge in [0.25, 0.3) is 0 Å². The minimum Gasteiger partial charge on any atom is -0.313 e. The van der Waals surface area contributed by atoms with E-state index in [0.29, 0.717) is 31.6 Å². The number of halogens is 1. The number of sulfonamides is 1. The SMILES string of the molecule is C=CCN(CCC)S(=O)(=O)c1cc(F)ccc1CNCC. The first-order chi connectivity index (χ1) is 9.97. The number of hydrogen-bond acceptors (Lipinski definition) is 3. The molecule has 1 aromatic carbocycles. The van der Waals surface area contributed by atoms with E-state index in [4.69, 9.17) is 0 Å². The number of rotatable bonds is 9. The molecule has 21 heavy (non-hydrogen) atoms. The Balaban J connectivity index is 3.26. The molecule has 0 aromatic heterocycles. The van der Waals surface area contributed by atoms with Crippen LogP contribution in [0.2, 0.25) is 0 Å². The van der Waals surface area contributed by atoms with Crippen LogP contribution in [0, 0.1) is 5.82 Å². The highest BCUT2D eigenvalue weighted by atomic mass is 32.2. The largest absolute Gasteiger partial charge is 0.313 e. The molecule has 118 valence electrons. The van der Waals surface area contributed by atoms with Crippen LogP contribution >= 0.6 is 0 Å². The predicted molar refractivity (Wildman–Crippen MR) is 83.0 cm³/mol. The Kier molecular flexibility index (Phi) is 7.01. The number of nitrogens with zero attached hydrogens (tertiary/aromatic N) is 1. The van der Waals surface area contributed by atoms with Gasteiger partial charge in [-0.25, -0.2) is 12.8 Å². The van der Waals surface area contributed by atoms with Crippen LogP contribution in [0.3, 0.4) is 0 Å². The summed E-state index contributed by atoms with van der Waals surface area (Å²) >= 11 is 0. The van der Waals surface area contributed by atoms with Gasteiger partial charge in [-0.2, -0.15) is 4.31 Å². The van der Waals surface area contributed by atoms with E-state index in [-0.39, 0.29) is 11.4 Å². The minimum atomic E-state index is -3.73. The van der Waals surface area contributed by atoms with Crippen molar-refractivity contribution >= 4 is 10.0 Å². The molecule has 0 radical (unpaired) electrons. The van der Waals surface area contributed by atoms with E-state index >= 15 is 0 Å². The third-order valence-corrected chi connectivity index (χ3v) is 4.97. The van der Waals surface area contributed by atoms with Gasteiger partial charge < -0.3 is 5.32 Å². The zero-order valence-electron chi connectivity index (χ0n) is 12.6. The van der Waals surface area contributed by atoms with Crippen molar-refractivity contribution in [3.63, 3.8) is 0 Å². The molecule has 0 unspecified atom stereocenters. The Morgan fingerprint density at radius 3 is 2.67 bits per heavy atom. The zero-order chi connectivity index (χ0) is 15.9. The summed E-state index contributed by atoms with van der Waals surface area (Å²) in [5.74, 6) is -0.552. The van der Waals surface area contributed by atoms with Crippen molar-refractivity contribution in [3.8, 4) is 0 Å². The molecule has 1 aromatic rings. The Bertz CT molecular complexity index is 573. The second-order valence-corrected chi connectivity index (χ2v) is 6.59. The summed E-state index contributed by atoms with van der Waals surface area (Å²) in [5.41, 5.74) is 0.573. The standard InChI is InChI=1S/C15H23FN2O2S/c1-4-9-18(10-5-2)21(19,20)15-11-14(16)8-7-13(15)12-17-6-3/h4,7-8,11,17H,1,5-6,9-10,12H2,2-3H3. The summed E-state index contributed by atoms with van der Waals surface area (Å²) < 4.78 is 40.3. The van der Waals surface area contributed by atoms with Crippen molar-refractivity contribution < 1.29 is 12.8 Å². The molecule has 0 spiro atoms. The smallest absolute Gasteiger partial charge is 0.243 e. The van der Waals surface area contributed by atoms with E-state index in [9.17, 15) is 12.8 Å². The van der Waals surface area contributed by atoms with Gasteiger partial charge in [0.2, 0.25) is 10.0 Å². The summed E-state index contributed by atoms with van der Waals surface area (Å²) in [7, 11) is -3.73. The lowest BCUT2D eigenvalue weighted by atomic mass is 10.2. The highest BCUT2D eigenvalue weighted by Gasteiger charge is 2.26. The highest BCUT2D eigenvalue weighted by molar-refractivity contribution is 7.89. The van der Waals surface area contributed by atoms with E-state index in [2.05, 4.69) is 11.9 Å². The van der Waals surface area contributed by atoms with Crippen LogP contribution in [-0.4, -0.2) is 32.4 Å². The van der Waals surface area contributed by atoms with Gasteiger partial charge in [0, 0.05) is 19.6 Å². The van der Waals surface area contributed by atoms with Crippen LogP contribution in [0.25, 0.3) is 0 Å². The lowest BCUT2D eigenvalue weighted by Crippen LogP contribution is -2.33. The van der Waals surface area contributed by atoms with Crippen molar-refractivity contribution in [3.05, 3.63) is 42.2 Å². The van der Waals surface area contributed by atoms with Crippen LogP contribution < -0.4 is 5.32 Å². The first kappa shape index (κ1) is 17.8. The minimum absolute atomic E-state index is 0.0266. The van der Waals surface area contributed by atoms with E-state index < -0.39 is 15.8 Å². The van der Waals surface area contributed by atoms with Gasteiger partial charge in [-0.1, -0.05) is 26.0 Å². The number of benzene rings is 1. The fourth-order valence-electron chi connectivity index (χ4n) is 2.02. The first-order valence-corrected chi connectivity index (χ1v) is 8.51. The van der Waals surface area contributed by atoms with Crippen LogP contribution in [0.15, 0.2) is 35.7 Å². The van der Waals surface area contributed by atoms with E-state index in [1.165, 1.54) is 22.5 Å². The summed E-state index contributed by atoms with van der Waals surface area (Å²) in [4.78, 5) is 0.0266. The third kappa shape index (κ3) is 4.62. The number of nitrogens with one attached hydrogen (secondary N) is 1. The fraction of sp³-hybridized carbons (Fsp3) is 0.467. The summed E-state index contributed by atoms with van der Waals surface area (Å²) in [6.45, 7) is 9.11. The van der Waals surface area contributed by atoms with Crippen molar-refractivity contribution in [2.45, 2.75) is 31.7 Å². The maximum atomic E-state index is 13.5. The van der Waals surface area contributed by atoms with Gasteiger partial charge in [0.15, 0.2) is 0 Å². The van der Waals surface area contributed by atoms with Crippen LogP contribution in [0.4, 0.5) is 4.39 Å². The Morgan fingerprint density at radius 2 is 2.10 bits per heavy atom. The average molecular weight is 314 g/mol. The highest BCUT2D eigenvalue weighted by Crippen LogP contribution is 2.22. The first-order valence-electron chi connectivity index (χ1n) is 7.07. The molecule has 0 aliphatic heterocycles. The van der Waals surface area contributed by atoms with Gasteiger partial charge >= 0.3 is 0 Å². The molecular formula is C15H23FN2O2S. The summed E-state index contributed by atoms with van der Waals surface area (Å²) in [5, 5.41) is 3.07. The van der Waals surface area contributed by atoms with E-state index in [0.717, 1.165) is 6.07 Å². The summed E-state index contributed by atoms with van der Waals surface area (Å²) in [6, 6.07) is 3.89. The Morgan fingerprint density at radius 1 is 1.38 bits per heavy atom. The van der Waals surface area contributed by atoms with Gasteiger partial charge in [-0.15, -0.1) is 6.58 Å². The second kappa shape index (κ2) is 8.26. The van der Waals surface area contributed by atoms with Crippen LogP contribution in [0.1, 0.15) is 25.8 Å². The molecule has 0 heterocycles. The normalized spacial score (nSPS) is 11.8. The van der Waals surface area contributed by atoms with Gasteiger partial charge in [-0.3, -0.25) is 0 Å². The molecule has 0 atom stereocenters. The van der Waals surface area contributed by atoms with Gasteiger partial charge in [-0.05, 0) is 30.7 Å². The Hall–Kier alpha value is -1.24. The fourth-order valence-corrected chi connectivity index (χ4v) is 3.75. The molecule has 0 bridgehead atoms. The molecule has 4 nitrogen and oxygen atoms in total. The van der Waals surface area contributed by atoms with E-state index in [1.807, 2.05) is 13.8 Å². The molecule has 1 rings (SSSR count). The molecule has 0 aliphatic carbocycles. The van der Waals surface area contributed by atoms with Crippen LogP contribution in [-0.2, 0) is 16.6 Å². The molecule has 0 fully saturated rings. The maximum Gasteiger partial charge on any atom is 0.243 e. The maximum absolute atomic E-state index is 13.5. The molecule has 0 saturated heterocycles. The summed E-state index contributed by atoms with van der Waals surface area (Å²) in [6.07, 6.45) is 2.22. The predicted octanol–water partition coefficient (Wildman–Crippen LogP) is 2.52.